The number of para-hydroxylation sites is 1. The molecule has 0 aliphatic carbocycles. The third kappa shape index (κ3) is 1.28. The van der Waals surface area contributed by atoms with Crippen LogP contribution in [0.4, 0.5) is 19.2 Å². The van der Waals surface area contributed by atoms with Crippen molar-refractivity contribution in [3.8, 4) is 0 Å². The van der Waals surface area contributed by atoms with Crippen LogP contribution in [-0.2, 0) is 6.18 Å². The zero-order valence-corrected chi connectivity index (χ0v) is 6.80. The van der Waals surface area contributed by atoms with Gasteiger partial charge in [-0.05, 0) is 12.1 Å². The lowest BCUT2D eigenvalue weighted by Gasteiger charge is -2.05. The molecule has 2 N–H and O–H groups in total. The number of halogens is 3. The number of hydrogen-bond donors (Lipinski definition) is 1. The Hall–Kier alpha value is -1.72. The van der Waals surface area contributed by atoms with Crippen molar-refractivity contribution in [3.05, 3.63) is 23.8 Å². The van der Waals surface area contributed by atoms with Crippen LogP contribution in [0.3, 0.4) is 0 Å². The molecule has 0 atom stereocenters. The van der Waals surface area contributed by atoms with E-state index in [2.05, 4.69) is 9.40 Å². The molecule has 2 aromatic rings. The topological polar surface area (TPSA) is 52.0 Å². The maximum absolute atomic E-state index is 12.4. The molecule has 0 fully saturated rings. The van der Waals surface area contributed by atoms with Gasteiger partial charge in [0.2, 0.25) is 0 Å². The smallest absolute Gasteiger partial charge is 0.420 e. The summed E-state index contributed by atoms with van der Waals surface area (Å²) in [4.78, 5) is 3.60. The molecule has 0 saturated heterocycles. The Morgan fingerprint density at radius 1 is 1.29 bits per heavy atom. The summed E-state index contributed by atoms with van der Waals surface area (Å²) in [5.41, 5.74) is 4.08. The Bertz CT molecular complexity index is 475. The van der Waals surface area contributed by atoms with Crippen molar-refractivity contribution in [1.82, 2.24) is 4.98 Å². The van der Waals surface area contributed by atoms with Crippen molar-refractivity contribution in [1.29, 1.82) is 0 Å². The number of nitrogens with two attached hydrogens (primary N) is 1. The minimum absolute atomic E-state index is 0.109. The fourth-order valence-electron chi connectivity index (χ4n) is 1.19. The van der Waals surface area contributed by atoms with Gasteiger partial charge in [0, 0.05) is 0 Å². The molecule has 2 rings (SSSR count). The van der Waals surface area contributed by atoms with Crippen LogP contribution in [0.5, 0.6) is 0 Å². The van der Waals surface area contributed by atoms with Crippen molar-refractivity contribution in [3.63, 3.8) is 0 Å². The Kier molecular flexibility index (Phi) is 1.67. The van der Waals surface area contributed by atoms with Gasteiger partial charge in [-0.2, -0.15) is 18.2 Å². The predicted molar refractivity (Wildman–Crippen MR) is 43.4 cm³/mol. The van der Waals surface area contributed by atoms with E-state index in [9.17, 15) is 13.2 Å². The Morgan fingerprint density at radius 3 is 2.64 bits per heavy atom. The Labute approximate surface area is 76.3 Å². The van der Waals surface area contributed by atoms with Crippen LogP contribution in [0.25, 0.3) is 11.1 Å². The number of rotatable bonds is 0. The summed E-state index contributed by atoms with van der Waals surface area (Å²) in [6, 6.07) is 3.32. The number of fused-ring (bicyclic) bond motifs is 1. The van der Waals surface area contributed by atoms with Crippen LogP contribution >= 0.6 is 0 Å². The monoisotopic (exact) mass is 202 g/mol. The highest BCUT2D eigenvalue weighted by Crippen LogP contribution is 2.35. The van der Waals surface area contributed by atoms with Crippen LogP contribution in [0, 0.1) is 0 Å². The molecular weight excluding hydrogens is 197 g/mol. The van der Waals surface area contributed by atoms with Gasteiger partial charge in [-0.25, -0.2) is 0 Å². The maximum atomic E-state index is 12.4. The average molecular weight is 202 g/mol. The third-order valence-corrected chi connectivity index (χ3v) is 1.74. The highest BCUT2D eigenvalue weighted by atomic mass is 19.4. The summed E-state index contributed by atoms with van der Waals surface area (Å²) in [5, 5.41) is 0. The highest BCUT2D eigenvalue weighted by Gasteiger charge is 2.34. The molecule has 0 amide bonds. The highest BCUT2D eigenvalue weighted by molar-refractivity contribution is 5.78. The summed E-state index contributed by atoms with van der Waals surface area (Å²) >= 11 is 0. The van der Waals surface area contributed by atoms with Crippen molar-refractivity contribution < 1.29 is 17.6 Å². The van der Waals surface area contributed by atoms with Gasteiger partial charge in [-0.1, -0.05) is 6.07 Å². The second kappa shape index (κ2) is 2.63. The van der Waals surface area contributed by atoms with E-state index in [1.807, 2.05) is 0 Å². The molecule has 14 heavy (non-hydrogen) atoms. The summed E-state index contributed by atoms with van der Waals surface area (Å²) < 4.78 is 41.9. The van der Waals surface area contributed by atoms with Gasteiger partial charge in [-0.15, -0.1) is 0 Å². The van der Waals surface area contributed by atoms with E-state index in [0.717, 1.165) is 6.07 Å². The quantitative estimate of drug-likeness (QED) is 0.713. The number of oxazole rings is 1. The van der Waals surface area contributed by atoms with Crippen molar-refractivity contribution in [2.75, 3.05) is 5.73 Å². The number of alkyl halides is 3. The van der Waals surface area contributed by atoms with Crippen LogP contribution in [0.1, 0.15) is 5.56 Å². The Balaban J connectivity index is 2.77. The number of hydrogen-bond acceptors (Lipinski definition) is 3. The molecule has 6 heteroatoms. The third-order valence-electron chi connectivity index (χ3n) is 1.74. The van der Waals surface area contributed by atoms with Gasteiger partial charge in [-0.3, -0.25) is 0 Å². The molecule has 74 valence electrons. The second-order valence-corrected chi connectivity index (χ2v) is 2.70. The van der Waals surface area contributed by atoms with E-state index in [0.29, 0.717) is 0 Å². The van der Waals surface area contributed by atoms with Crippen LogP contribution in [-0.4, -0.2) is 4.98 Å². The molecular formula is C8H5F3N2O. The second-order valence-electron chi connectivity index (χ2n) is 2.70. The fraction of sp³-hybridized carbons (Fsp3) is 0.125. The number of nitrogen functional groups attached to an aromatic ring is 1. The van der Waals surface area contributed by atoms with E-state index in [1.54, 1.807) is 0 Å². The molecule has 3 nitrogen and oxygen atoms in total. The first-order valence-corrected chi connectivity index (χ1v) is 3.71. The van der Waals surface area contributed by atoms with E-state index >= 15 is 0 Å². The number of anilines is 1. The first-order valence-electron chi connectivity index (χ1n) is 3.71. The SMILES string of the molecule is Nc1nc2cccc(C(F)(F)F)c2o1. The van der Waals surface area contributed by atoms with Crippen molar-refractivity contribution in [2.45, 2.75) is 6.18 Å². The molecule has 0 aliphatic heterocycles. The lowest BCUT2D eigenvalue weighted by Crippen LogP contribution is -2.04. The van der Waals surface area contributed by atoms with Crippen LogP contribution in [0.15, 0.2) is 22.6 Å². The zero-order valence-electron chi connectivity index (χ0n) is 6.80. The minimum Gasteiger partial charge on any atom is -0.423 e. The summed E-state index contributed by atoms with van der Waals surface area (Å²) in [6.45, 7) is 0. The van der Waals surface area contributed by atoms with Gasteiger partial charge >= 0.3 is 6.18 Å². The number of benzene rings is 1. The zero-order chi connectivity index (χ0) is 10.3. The first-order chi connectivity index (χ1) is 6.48. The van der Waals surface area contributed by atoms with E-state index in [4.69, 9.17) is 5.73 Å². The van der Waals surface area contributed by atoms with Crippen molar-refractivity contribution in [2.24, 2.45) is 0 Å². The van der Waals surface area contributed by atoms with Crippen LogP contribution < -0.4 is 5.73 Å². The number of nitrogens with zero attached hydrogens (tertiary/aromatic N) is 1. The molecule has 1 heterocycles. The summed E-state index contributed by atoms with van der Waals surface area (Å²) in [7, 11) is 0. The normalized spacial score (nSPS) is 12.2. The molecule has 0 aliphatic rings. The van der Waals surface area contributed by atoms with Gasteiger partial charge < -0.3 is 10.2 Å². The average Bonchev–Trinajstić information content (AvgIpc) is 2.41. The van der Waals surface area contributed by atoms with Gasteiger partial charge in [0.15, 0.2) is 5.58 Å². The lowest BCUT2D eigenvalue weighted by atomic mass is 10.2. The summed E-state index contributed by atoms with van der Waals surface area (Å²) in [5.74, 6) is 0. The minimum atomic E-state index is -4.45. The predicted octanol–water partition coefficient (Wildman–Crippen LogP) is 2.43. The molecule has 1 aromatic heterocycles. The fourth-order valence-corrected chi connectivity index (χ4v) is 1.19. The number of aromatic nitrogens is 1. The molecule has 0 radical (unpaired) electrons. The molecule has 0 bridgehead atoms. The van der Waals surface area contributed by atoms with E-state index in [1.165, 1.54) is 12.1 Å². The van der Waals surface area contributed by atoms with Gasteiger partial charge in [0.25, 0.3) is 6.01 Å². The summed E-state index contributed by atoms with van der Waals surface area (Å²) in [6.07, 6.45) is -4.45. The largest absolute Gasteiger partial charge is 0.423 e. The standard InChI is InChI=1S/C8H5F3N2O/c9-8(10,11)4-2-1-3-5-6(4)14-7(12)13-5/h1-3H,(H2,12,13). The molecule has 0 spiro atoms. The lowest BCUT2D eigenvalue weighted by molar-refractivity contribution is -0.136. The van der Waals surface area contributed by atoms with Crippen molar-refractivity contribution >= 4 is 17.1 Å². The van der Waals surface area contributed by atoms with E-state index < -0.39 is 11.7 Å². The Morgan fingerprint density at radius 2 is 2.00 bits per heavy atom. The molecule has 0 unspecified atom stereocenters. The molecule has 1 aromatic carbocycles. The molecule has 0 saturated carbocycles. The first kappa shape index (κ1) is 8.86. The van der Waals surface area contributed by atoms with E-state index in [-0.39, 0.29) is 17.1 Å². The van der Waals surface area contributed by atoms with Crippen LogP contribution in [0.2, 0.25) is 0 Å². The maximum Gasteiger partial charge on any atom is 0.420 e. The van der Waals surface area contributed by atoms with Gasteiger partial charge in [0.05, 0.1) is 0 Å². The van der Waals surface area contributed by atoms with Gasteiger partial charge in [0.1, 0.15) is 11.1 Å².